The summed E-state index contributed by atoms with van der Waals surface area (Å²) in [7, 11) is 0. The van der Waals surface area contributed by atoms with Crippen LogP contribution in [0.3, 0.4) is 0 Å². The maximum Gasteiger partial charge on any atom is 0.123 e. The quantitative estimate of drug-likeness (QED) is 0.374. The van der Waals surface area contributed by atoms with E-state index in [1.807, 2.05) is 30.5 Å². The van der Waals surface area contributed by atoms with Crippen LogP contribution in [0.2, 0.25) is 0 Å². The third-order valence-electron chi connectivity index (χ3n) is 4.87. The smallest absolute Gasteiger partial charge is 0.123 e. The number of aryl methyl sites for hydroxylation is 1. The van der Waals surface area contributed by atoms with Crippen LogP contribution in [0, 0.1) is 11.7 Å². The van der Waals surface area contributed by atoms with Crippen LogP contribution in [0.25, 0.3) is 10.9 Å². The van der Waals surface area contributed by atoms with E-state index in [2.05, 4.69) is 34.7 Å². The molecule has 4 heteroatoms. The molecule has 3 rings (SSSR count). The maximum absolute atomic E-state index is 13.5. The number of hydrogen-bond acceptors (Lipinski definition) is 3. The SMILES string of the molecule is CC(CCCCc1ccnc2ccc(F)cc12)CNCNc1ccccc1. The zero-order valence-electron chi connectivity index (χ0n) is 15.9. The first kappa shape index (κ1) is 19.3. The molecule has 0 aliphatic heterocycles. The van der Waals surface area contributed by atoms with Crippen LogP contribution in [0.5, 0.6) is 0 Å². The van der Waals surface area contributed by atoms with Crippen LogP contribution in [0.4, 0.5) is 10.1 Å². The molecule has 3 aromatic rings. The van der Waals surface area contributed by atoms with Crippen molar-refractivity contribution in [1.82, 2.24) is 10.3 Å². The molecule has 0 amide bonds. The highest BCUT2D eigenvalue weighted by atomic mass is 19.1. The van der Waals surface area contributed by atoms with Crippen LogP contribution >= 0.6 is 0 Å². The van der Waals surface area contributed by atoms with Gasteiger partial charge in [-0.15, -0.1) is 0 Å². The van der Waals surface area contributed by atoms with Crippen molar-refractivity contribution in [2.45, 2.75) is 32.6 Å². The number of hydrogen-bond donors (Lipinski definition) is 2. The lowest BCUT2D eigenvalue weighted by Gasteiger charge is -2.14. The second-order valence-corrected chi connectivity index (χ2v) is 7.16. The third-order valence-corrected chi connectivity index (χ3v) is 4.87. The standard InChI is InChI=1S/C23H28FN3/c1-18(16-25-17-27-21-9-3-2-4-10-21)7-5-6-8-19-13-14-26-23-12-11-20(24)15-22(19)23/h2-4,9-15,18,25,27H,5-8,16-17H2,1H3. The van der Waals surface area contributed by atoms with E-state index in [0.717, 1.165) is 42.6 Å². The normalized spacial score (nSPS) is 12.2. The van der Waals surface area contributed by atoms with Crippen molar-refractivity contribution in [3.8, 4) is 0 Å². The molecular weight excluding hydrogens is 337 g/mol. The van der Waals surface area contributed by atoms with Gasteiger partial charge in [0.05, 0.1) is 12.2 Å². The van der Waals surface area contributed by atoms with Gasteiger partial charge in [0.25, 0.3) is 0 Å². The number of benzene rings is 2. The zero-order chi connectivity index (χ0) is 18.9. The molecule has 1 heterocycles. The van der Waals surface area contributed by atoms with Gasteiger partial charge in [0.2, 0.25) is 0 Å². The van der Waals surface area contributed by atoms with Crippen molar-refractivity contribution in [3.05, 3.63) is 72.2 Å². The van der Waals surface area contributed by atoms with E-state index >= 15 is 0 Å². The summed E-state index contributed by atoms with van der Waals surface area (Å²) in [6.45, 7) is 4.07. The second-order valence-electron chi connectivity index (χ2n) is 7.16. The Balaban J connectivity index is 1.34. The molecule has 0 aliphatic carbocycles. The van der Waals surface area contributed by atoms with Crippen molar-refractivity contribution in [2.75, 3.05) is 18.5 Å². The molecule has 27 heavy (non-hydrogen) atoms. The summed E-state index contributed by atoms with van der Waals surface area (Å²) >= 11 is 0. The number of anilines is 1. The molecule has 1 aromatic heterocycles. The van der Waals surface area contributed by atoms with Crippen molar-refractivity contribution < 1.29 is 4.39 Å². The zero-order valence-corrected chi connectivity index (χ0v) is 15.9. The number of halogens is 1. The molecule has 1 atom stereocenters. The summed E-state index contributed by atoms with van der Waals surface area (Å²) in [4.78, 5) is 4.32. The fraction of sp³-hybridized carbons (Fsp3) is 0.348. The lowest BCUT2D eigenvalue weighted by molar-refractivity contribution is 0.467. The summed E-state index contributed by atoms with van der Waals surface area (Å²) in [6.07, 6.45) is 6.27. The van der Waals surface area contributed by atoms with Gasteiger partial charge in [-0.25, -0.2) is 4.39 Å². The minimum Gasteiger partial charge on any atom is -0.372 e. The lowest BCUT2D eigenvalue weighted by Crippen LogP contribution is -2.26. The number of nitrogens with one attached hydrogen (secondary N) is 2. The molecule has 3 nitrogen and oxygen atoms in total. The summed E-state index contributed by atoms with van der Waals surface area (Å²) in [5.41, 5.74) is 3.20. The first-order valence-corrected chi connectivity index (χ1v) is 9.75. The van der Waals surface area contributed by atoms with E-state index in [9.17, 15) is 4.39 Å². The molecule has 142 valence electrons. The molecule has 0 radical (unpaired) electrons. The van der Waals surface area contributed by atoms with Gasteiger partial charge in [-0.2, -0.15) is 0 Å². The fourth-order valence-corrected chi connectivity index (χ4v) is 3.34. The Morgan fingerprint density at radius 2 is 1.89 bits per heavy atom. The van der Waals surface area contributed by atoms with Gasteiger partial charge in [0.15, 0.2) is 0 Å². The van der Waals surface area contributed by atoms with Gasteiger partial charge in [0, 0.05) is 17.3 Å². The van der Waals surface area contributed by atoms with E-state index in [-0.39, 0.29) is 5.82 Å². The number of fused-ring (bicyclic) bond motifs is 1. The average Bonchev–Trinajstić information content (AvgIpc) is 2.69. The van der Waals surface area contributed by atoms with Gasteiger partial charge < -0.3 is 5.32 Å². The van der Waals surface area contributed by atoms with Crippen LogP contribution in [0.1, 0.15) is 31.7 Å². The van der Waals surface area contributed by atoms with Crippen LogP contribution < -0.4 is 10.6 Å². The van der Waals surface area contributed by atoms with Gasteiger partial charge in [-0.1, -0.05) is 31.5 Å². The fourth-order valence-electron chi connectivity index (χ4n) is 3.34. The van der Waals surface area contributed by atoms with E-state index in [0.29, 0.717) is 5.92 Å². The van der Waals surface area contributed by atoms with Crippen molar-refractivity contribution >= 4 is 16.6 Å². The molecular formula is C23H28FN3. The monoisotopic (exact) mass is 365 g/mol. The van der Waals surface area contributed by atoms with Gasteiger partial charge >= 0.3 is 0 Å². The third kappa shape index (κ3) is 6.04. The maximum atomic E-state index is 13.5. The van der Waals surface area contributed by atoms with E-state index in [1.165, 1.54) is 24.5 Å². The van der Waals surface area contributed by atoms with Gasteiger partial charge in [0.1, 0.15) is 5.82 Å². The molecule has 0 saturated carbocycles. The minimum absolute atomic E-state index is 0.194. The first-order valence-electron chi connectivity index (χ1n) is 9.75. The van der Waals surface area contributed by atoms with Crippen molar-refractivity contribution in [1.29, 1.82) is 0 Å². The second kappa shape index (κ2) is 10.0. The lowest BCUT2D eigenvalue weighted by atomic mass is 9.99. The van der Waals surface area contributed by atoms with Gasteiger partial charge in [-0.3, -0.25) is 10.3 Å². The molecule has 0 saturated heterocycles. The summed E-state index contributed by atoms with van der Waals surface area (Å²) < 4.78 is 13.5. The number of rotatable bonds is 10. The summed E-state index contributed by atoms with van der Waals surface area (Å²) in [5, 5.41) is 7.77. The molecule has 0 spiro atoms. The number of nitrogens with zero attached hydrogens (tertiary/aromatic N) is 1. The molecule has 2 aromatic carbocycles. The predicted molar refractivity (Wildman–Crippen MR) is 111 cm³/mol. The summed E-state index contributed by atoms with van der Waals surface area (Å²) in [5.74, 6) is 0.440. The Morgan fingerprint density at radius 3 is 2.74 bits per heavy atom. The number of pyridine rings is 1. The Bertz CT molecular complexity index is 835. The van der Waals surface area contributed by atoms with Crippen molar-refractivity contribution in [3.63, 3.8) is 0 Å². The highest BCUT2D eigenvalue weighted by Gasteiger charge is 2.05. The Kier molecular flexibility index (Phi) is 7.17. The number of para-hydroxylation sites is 1. The highest BCUT2D eigenvalue weighted by molar-refractivity contribution is 5.81. The van der Waals surface area contributed by atoms with Gasteiger partial charge in [-0.05, 0) is 73.7 Å². The predicted octanol–water partition coefficient (Wildman–Crippen LogP) is 5.38. The van der Waals surface area contributed by atoms with Crippen molar-refractivity contribution in [2.24, 2.45) is 5.92 Å². The Morgan fingerprint density at radius 1 is 1.04 bits per heavy atom. The average molecular weight is 365 g/mol. The molecule has 0 bridgehead atoms. The minimum atomic E-state index is -0.194. The molecule has 0 fully saturated rings. The largest absolute Gasteiger partial charge is 0.372 e. The Hall–Kier alpha value is -2.46. The Labute approximate surface area is 161 Å². The van der Waals surface area contributed by atoms with Crippen LogP contribution in [-0.4, -0.2) is 18.2 Å². The van der Waals surface area contributed by atoms with E-state index in [1.54, 1.807) is 12.1 Å². The number of aromatic nitrogens is 1. The highest BCUT2D eigenvalue weighted by Crippen LogP contribution is 2.20. The van der Waals surface area contributed by atoms with E-state index in [4.69, 9.17) is 0 Å². The summed E-state index contributed by atoms with van der Waals surface area (Å²) in [6, 6.07) is 17.1. The van der Waals surface area contributed by atoms with E-state index < -0.39 is 0 Å². The molecule has 2 N–H and O–H groups in total. The first-order chi connectivity index (χ1) is 13.2. The number of unbranched alkanes of at least 4 members (excludes halogenated alkanes) is 1. The topological polar surface area (TPSA) is 37.0 Å². The van der Waals surface area contributed by atoms with Crippen LogP contribution in [0.15, 0.2) is 60.8 Å². The molecule has 0 aliphatic rings. The molecule has 1 unspecified atom stereocenters. The van der Waals surface area contributed by atoms with Crippen LogP contribution in [-0.2, 0) is 6.42 Å².